The third-order valence-electron chi connectivity index (χ3n) is 8.78. The molecule has 2 heterocycles. The van der Waals surface area contributed by atoms with Gasteiger partial charge in [0.25, 0.3) is 0 Å². The predicted molar refractivity (Wildman–Crippen MR) is 247 cm³/mol. The summed E-state index contributed by atoms with van der Waals surface area (Å²) in [6.45, 7) is 0.334. The second-order valence-corrected chi connectivity index (χ2v) is 21.6. The number of anilines is 2. The van der Waals surface area contributed by atoms with Crippen LogP contribution in [0.5, 0.6) is 0 Å². The van der Waals surface area contributed by atoms with E-state index in [4.69, 9.17) is 51.1 Å². The van der Waals surface area contributed by atoms with Crippen LogP contribution in [0.25, 0.3) is 22.5 Å². The molecule has 0 aliphatic heterocycles. The molecule has 63 heavy (non-hydrogen) atoms. The fourth-order valence-corrected chi connectivity index (χ4v) is 10.6. The van der Waals surface area contributed by atoms with Gasteiger partial charge in [-0.1, -0.05) is 142 Å². The zero-order valence-electron chi connectivity index (χ0n) is 34.0. The van der Waals surface area contributed by atoms with Crippen molar-refractivity contribution in [3.8, 4) is 22.5 Å². The van der Waals surface area contributed by atoms with Crippen molar-refractivity contribution in [3.63, 3.8) is 0 Å². The summed E-state index contributed by atoms with van der Waals surface area (Å²) >= 11 is 26.0. The summed E-state index contributed by atoms with van der Waals surface area (Å²) in [5, 5.41) is 17.6. The molecule has 4 N–H and O–H groups in total. The van der Waals surface area contributed by atoms with Gasteiger partial charge in [-0.05, 0) is 48.2 Å². The molecule has 0 aliphatic carbocycles. The molecule has 0 spiro atoms. The smallest absolute Gasteiger partial charge is 0.870 e. The maximum absolute atomic E-state index is 12.3. The van der Waals surface area contributed by atoms with Gasteiger partial charge in [0.05, 0.1) is 39.0 Å². The minimum Gasteiger partial charge on any atom is -0.870 e. The van der Waals surface area contributed by atoms with E-state index in [0.29, 0.717) is 49.3 Å². The standard InChI is InChI=1S/C21H20Cl2N2O4S2.C20H18Cl2N2O4S2.Li.H2O/c1-29-19(26)15(10-13-6-4-3-5-7-13)12-24-21-25-18(20(30-21)31(2,27)28)14-8-9-16(22)17(23)11-14;1-30(27,28)19-17(13-7-8-15(21)16(22)10-13)24-20(29-19)23-11-14(18(25)26)9-12-5-3-2-4-6-12;;/h3-9,11,15H,10,12H2,1-2H3,(H,24,25);2-8,10,14H,9,11H2,1H3,(H,23,24)(H,25,26);;1H2/q;;+1;/p-1. The van der Waals surface area contributed by atoms with Crippen LogP contribution >= 0.6 is 69.1 Å². The van der Waals surface area contributed by atoms with E-state index < -0.39 is 37.5 Å². The quantitative estimate of drug-likeness (QED) is 0.0684. The summed E-state index contributed by atoms with van der Waals surface area (Å²) in [6, 6.07) is 28.5. The van der Waals surface area contributed by atoms with Gasteiger partial charge in [0.2, 0.25) is 0 Å². The van der Waals surface area contributed by atoms with Crippen molar-refractivity contribution in [1.29, 1.82) is 0 Å². The third-order valence-corrected chi connectivity index (χ3v) is 15.9. The molecule has 2 unspecified atom stereocenters. The summed E-state index contributed by atoms with van der Waals surface area (Å²) < 4.78 is 54.3. The number of carbonyl (C=O) groups excluding carboxylic acids is 1. The second kappa shape index (κ2) is 24.0. The summed E-state index contributed by atoms with van der Waals surface area (Å²) in [7, 11) is -5.77. The van der Waals surface area contributed by atoms with Crippen LogP contribution in [0.1, 0.15) is 11.1 Å². The first kappa shape index (κ1) is 53.6. The normalized spacial score (nSPS) is 12.0. The van der Waals surface area contributed by atoms with E-state index in [0.717, 1.165) is 46.3 Å². The van der Waals surface area contributed by atoms with Crippen molar-refractivity contribution in [2.75, 3.05) is 43.3 Å². The Labute approximate surface area is 405 Å². The van der Waals surface area contributed by atoms with Gasteiger partial charge in [-0.15, -0.1) is 0 Å². The number of halogens is 4. The Kier molecular flexibility index (Phi) is 20.4. The number of esters is 1. The van der Waals surface area contributed by atoms with Crippen LogP contribution in [0, 0.1) is 11.8 Å². The summed E-state index contributed by atoms with van der Waals surface area (Å²) in [6.07, 6.45) is 3.04. The number of ether oxygens (including phenoxy) is 1. The summed E-state index contributed by atoms with van der Waals surface area (Å²) in [4.78, 5) is 32.8. The van der Waals surface area contributed by atoms with Crippen molar-refractivity contribution in [1.82, 2.24) is 9.97 Å². The minimum absolute atomic E-state index is 0. The van der Waals surface area contributed by atoms with E-state index in [9.17, 15) is 31.5 Å². The van der Waals surface area contributed by atoms with Gasteiger partial charge in [0.1, 0.15) is 19.8 Å². The zero-order chi connectivity index (χ0) is 44.5. The Balaban J connectivity index is 0.000000325. The van der Waals surface area contributed by atoms with Gasteiger partial charge in [-0.2, -0.15) is 0 Å². The average Bonchev–Trinajstić information content (AvgIpc) is 3.87. The molecule has 0 fully saturated rings. The zero-order valence-corrected chi connectivity index (χ0v) is 40.3. The van der Waals surface area contributed by atoms with Crippen LogP contribution in [0.4, 0.5) is 10.3 Å². The molecule has 330 valence electrons. The second-order valence-electron chi connectivity index (χ2n) is 13.5. The van der Waals surface area contributed by atoms with Gasteiger partial charge in [0, 0.05) is 36.7 Å². The number of nitrogens with zero attached hydrogens (tertiary/aromatic N) is 2. The van der Waals surface area contributed by atoms with Crippen LogP contribution in [0.3, 0.4) is 0 Å². The first-order chi connectivity index (χ1) is 28.8. The molecule has 22 heteroatoms. The number of aromatic nitrogens is 2. The molecule has 0 amide bonds. The molecular weight excluding hydrogens is 969 g/mol. The molecule has 4 aromatic carbocycles. The van der Waals surface area contributed by atoms with Gasteiger partial charge in [-0.25, -0.2) is 26.8 Å². The molecule has 0 radical (unpaired) electrons. The largest absolute Gasteiger partial charge is 1.00 e. The first-order valence-electron chi connectivity index (χ1n) is 18.0. The van der Waals surface area contributed by atoms with Crippen LogP contribution in [-0.4, -0.2) is 82.0 Å². The Morgan fingerprint density at radius 2 is 1.03 bits per heavy atom. The monoisotopic (exact) mass is 1010 g/mol. The maximum atomic E-state index is 12.3. The number of benzene rings is 4. The van der Waals surface area contributed by atoms with Crippen LogP contribution in [0.2, 0.25) is 20.1 Å². The van der Waals surface area contributed by atoms with Crippen LogP contribution in [-0.2, 0) is 46.8 Å². The number of carbonyl (C=O) groups is 2. The maximum Gasteiger partial charge on any atom is 1.00 e. The number of hydrogen-bond acceptors (Lipinski definition) is 14. The molecule has 0 saturated heterocycles. The van der Waals surface area contributed by atoms with E-state index in [1.165, 1.54) is 7.11 Å². The number of nitrogens with one attached hydrogen (secondary N) is 2. The number of rotatable bonds is 16. The van der Waals surface area contributed by atoms with Crippen molar-refractivity contribution in [2.45, 2.75) is 21.3 Å². The van der Waals surface area contributed by atoms with E-state index >= 15 is 0 Å². The van der Waals surface area contributed by atoms with E-state index in [1.807, 2.05) is 60.7 Å². The topological polar surface area (TPSA) is 212 Å². The van der Waals surface area contributed by atoms with E-state index in [-0.39, 0.29) is 68.2 Å². The Bertz CT molecular complexity index is 2730. The Morgan fingerprint density at radius 3 is 1.38 bits per heavy atom. The number of hydrogen-bond donors (Lipinski definition) is 3. The summed E-state index contributed by atoms with van der Waals surface area (Å²) in [5.41, 5.74) is 3.47. The van der Waals surface area contributed by atoms with Gasteiger partial charge in [0.15, 0.2) is 29.9 Å². The van der Waals surface area contributed by atoms with Crippen molar-refractivity contribution < 1.29 is 60.6 Å². The minimum atomic E-state index is -3.56. The molecule has 0 aliphatic rings. The number of carboxylic acid groups (broad SMARTS) is 1. The number of carboxylic acids is 1. The van der Waals surface area contributed by atoms with Crippen molar-refractivity contribution in [2.24, 2.45) is 11.8 Å². The molecule has 6 rings (SSSR count). The Hall–Kier alpha value is -3.70. The fourth-order valence-electron chi connectivity index (χ4n) is 5.79. The number of methoxy groups -OCH3 is 1. The number of sulfone groups is 2. The first-order valence-corrected chi connectivity index (χ1v) is 25.0. The molecule has 2 atom stereocenters. The summed E-state index contributed by atoms with van der Waals surface area (Å²) in [5.74, 6) is -2.48. The van der Waals surface area contributed by atoms with E-state index in [1.54, 1.807) is 36.4 Å². The van der Waals surface area contributed by atoms with Crippen molar-refractivity contribution in [3.05, 3.63) is 128 Å². The van der Waals surface area contributed by atoms with Crippen molar-refractivity contribution >= 4 is 111 Å². The van der Waals surface area contributed by atoms with Gasteiger partial charge in [-0.3, -0.25) is 9.59 Å². The average molecular weight is 1010 g/mol. The predicted octanol–water partition coefficient (Wildman–Crippen LogP) is 6.67. The van der Waals surface area contributed by atoms with Gasteiger partial charge >= 0.3 is 30.8 Å². The number of aliphatic carboxylic acids is 1. The number of thiazole rings is 2. The molecule has 2 aromatic heterocycles. The Morgan fingerprint density at radius 1 is 0.651 bits per heavy atom. The molecular formula is C41H39Cl4LiN4O9S4. The molecule has 0 saturated carbocycles. The van der Waals surface area contributed by atoms with Crippen LogP contribution in [0.15, 0.2) is 105 Å². The third kappa shape index (κ3) is 15.2. The van der Waals surface area contributed by atoms with Crippen LogP contribution < -0.4 is 29.5 Å². The molecule has 13 nitrogen and oxygen atoms in total. The molecule has 0 bridgehead atoms. The van der Waals surface area contributed by atoms with E-state index in [2.05, 4.69) is 20.6 Å². The van der Waals surface area contributed by atoms with Gasteiger partial charge < -0.3 is 26.0 Å². The SMILES string of the molecule is COC(=O)C(CNc1nc(-c2ccc(Cl)c(Cl)c2)c(S(C)(=O)=O)s1)Cc1ccccc1.CS(=O)(=O)c1sc(NCC(Cc2ccccc2)C(=O)O)nc1-c1ccc(Cl)c(Cl)c1.[Li+].[OH-]. The fraction of sp³-hybridized carbons (Fsp3) is 0.220. The molecule has 6 aromatic rings.